The zero-order valence-corrected chi connectivity index (χ0v) is 13.5. The number of hydrogen-bond acceptors (Lipinski definition) is 3. The number of furan rings is 1. The van der Waals surface area contributed by atoms with Crippen LogP contribution in [0.2, 0.25) is 0 Å². The molecule has 0 aliphatic rings. The molecule has 2 aromatic carbocycles. The standard InChI is InChI=1S/C19H18FNO3/c1-11-4-3-5-15-12(2)18(24-17(11)15)19(23)21-9-13-6-7-16(20)14(8-13)10-22/h3-8,22H,9-10H2,1-2H3,(H,21,23). The van der Waals surface area contributed by atoms with Crippen LogP contribution in [0.15, 0.2) is 40.8 Å². The second kappa shape index (κ2) is 6.45. The number of aliphatic hydroxyl groups is 1. The molecule has 5 heteroatoms. The molecule has 3 rings (SSSR count). The maximum absolute atomic E-state index is 13.4. The molecule has 0 saturated carbocycles. The van der Waals surface area contributed by atoms with Crippen molar-refractivity contribution in [3.05, 3.63) is 70.2 Å². The third kappa shape index (κ3) is 2.90. The van der Waals surface area contributed by atoms with Gasteiger partial charge < -0.3 is 14.8 Å². The lowest BCUT2D eigenvalue weighted by atomic mass is 10.1. The Labute approximate surface area is 138 Å². The van der Waals surface area contributed by atoms with Gasteiger partial charge in [0.05, 0.1) is 6.61 Å². The highest BCUT2D eigenvalue weighted by Crippen LogP contribution is 2.27. The average Bonchev–Trinajstić information content (AvgIpc) is 2.92. The van der Waals surface area contributed by atoms with Gasteiger partial charge in [-0.25, -0.2) is 4.39 Å². The molecule has 0 aliphatic carbocycles. The normalized spacial score (nSPS) is 11.0. The van der Waals surface area contributed by atoms with E-state index in [0.717, 1.165) is 16.5 Å². The molecule has 0 bridgehead atoms. The van der Waals surface area contributed by atoms with Gasteiger partial charge >= 0.3 is 0 Å². The molecule has 24 heavy (non-hydrogen) atoms. The topological polar surface area (TPSA) is 62.5 Å². The summed E-state index contributed by atoms with van der Waals surface area (Å²) in [6.07, 6.45) is 0. The lowest BCUT2D eigenvalue weighted by molar-refractivity contribution is 0.0924. The minimum absolute atomic E-state index is 0.206. The SMILES string of the molecule is Cc1c(C(=O)NCc2ccc(F)c(CO)c2)oc2c(C)cccc12. The maximum atomic E-state index is 13.4. The van der Waals surface area contributed by atoms with Gasteiger partial charge in [0.1, 0.15) is 11.4 Å². The molecular formula is C19H18FNO3. The summed E-state index contributed by atoms with van der Waals surface area (Å²) < 4.78 is 19.1. The molecule has 3 aromatic rings. The molecule has 4 nitrogen and oxygen atoms in total. The zero-order valence-electron chi connectivity index (χ0n) is 13.5. The number of carbonyl (C=O) groups is 1. The Hall–Kier alpha value is -2.66. The predicted molar refractivity (Wildman–Crippen MR) is 89.2 cm³/mol. The van der Waals surface area contributed by atoms with Crippen molar-refractivity contribution in [2.45, 2.75) is 27.0 Å². The highest BCUT2D eigenvalue weighted by Gasteiger charge is 2.18. The summed E-state index contributed by atoms with van der Waals surface area (Å²) in [6.45, 7) is 3.63. The van der Waals surface area contributed by atoms with Gasteiger partial charge in [0.25, 0.3) is 5.91 Å². The van der Waals surface area contributed by atoms with Crippen LogP contribution in [0.5, 0.6) is 0 Å². The summed E-state index contributed by atoms with van der Waals surface area (Å²) >= 11 is 0. The Balaban J connectivity index is 1.81. The number of hydrogen-bond donors (Lipinski definition) is 2. The lowest BCUT2D eigenvalue weighted by Gasteiger charge is -2.06. The highest BCUT2D eigenvalue weighted by atomic mass is 19.1. The van der Waals surface area contributed by atoms with Gasteiger partial charge in [-0.15, -0.1) is 0 Å². The molecule has 1 heterocycles. The van der Waals surface area contributed by atoms with E-state index in [1.165, 1.54) is 12.1 Å². The number of aryl methyl sites for hydroxylation is 2. The van der Waals surface area contributed by atoms with Crippen molar-refractivity contribution in [3.8, 4) is 0 Å². The van der Waals surface area contributed by atoms with Crippen LogP contribution in [0.4, 0.5) is 4.39 Å². The third-order valence-electron chi connectivity index (χ3n) is 4.10. The minimum Gasteiger partial charge on any atom is -0.450 e. The summed E-state index contributed by atoms with van der Waals surface area (Å²) in [6, 6.07) is 10.2. The molecule has 2 N–H and O–H groups in total. The van der Waals surface area contributed by atoms with E-state index in [1.807, 2.05) is 32.0 Å². The van der Waals surface area contributed by atoms with Crippen LogP contribution in [0.1, 0.15) is 32.8 Å². The Morgan fingerprint density at radius 1 is 1.25 bits per heavy atom. The first kappa shape index (κ1) is 16.2. The Bertz CT molecular complexity index is 914. The fourth-order valence-electron chi connectivity index (χ4n) is 2.72. The number of nitrogens with one attached hydrogen (secondary N) is 1. The summed E-state index contributed by atoms with van der Waals surface area (Å²) in [5, 5.41) is 12.8. The van der Waals surface area contributed by atoms with Gasteiger partial charge in [-0.05, 0) is 37.1 Å². The van der Waals surface area contributed by atoms with Crippen LogP contribution in [0, 0.1) is 19.7 Å². The number of carbonyl (C=O) groups excluding carboxylic acids is 1. The molecule has 0 fully saturated rings. The van der Waals surface area contributed by atoms with Gasteiger partial charge in [0.15, 0.2) is 5.76 Å². The van der Waals surface area contributed by atoms with E-state index in [-0.39, 0.29) is 30.4 Å². The first-order valence-electron chi connectivity index (χ1n) is 7.66. The number of amides is 1. The van der Waals surface area contributed by atoms with Crippen LogP contribution in [-0.2, 0) is 13.2 Å². The van der Waals surface area contributed by atoms with Gasteiger partial charge in [0, 0.05) is 23.1 Å². The van der Waals surface area contributed by atoms with E-state index < -0.39 is 5.82 Å². The van der Waals surface area contributed by atoms with E-state index in [2.05, 4.69) is 5.32 Å². The van der Waals surface area contributed by atoms with Gasteiger partial charge in [-0.2, -0.15) is 0 Å². The number of benzene rings is 2. The summed E-state index contributed by atoms with van der Waals surface area (Å²) in [7, 11) is 0. The van der Waals surface area contributed by atoms with Crippen molar-refractivity contribution < 1.29 is 18.7 Å². The Morgan fingerprint density at radius 3 is 2.75 bits per heavy atom. The fourth-order valence-corrected chi connectivity index (χ4v) is 2.72. The molecule has 1 aromatic heterocycles. The maximum Gasteiger partial charge on any atom is 0.287 e. The Kier molecular flexibility index (Phi) is 4.36. The summed E-state index contributed by atoms with van der Waals surface area (Å²) in [4.78, 5) is 12.4. The number of aliphatic hydroxyl groups excluding tert-OH is 1. The van der Waals surface area contributed by atoms with Crippen molar-refractivity contribution in [3.63, 3.8) is 0 Å². The monoisotopic (exact) mass is 327 g/mol. The van der Waals surface area contributed by atoms with Crippen molar-refractivity contribution in [2.75, 3.05) is 0 Å². The second-order valence-corrected chi connectivity index (χ2v) is 5.77. The molecule has 0 unspecified atom stereocenters. The first-order valence-corrected chi connectivity index (χ1v) is 7.66. The lowest BCUT2D eigenvalue weighted by Crippen LogP contribution is -2.23. The van der Waals surface area contributed by atoms with Crippen molar-refractivity contribution in [1.82, 2.24) is 5.32 Å². The van der Waals surface area contributed by atoms with Gasteiger partial charge in [-0.1, -0.05) is 24.3 Å². The molecule has 0 spiro atoms. The number of fused-ring (bicyclic) bond motifs is 1. The quantitative estimate of drug-likeness (QED) is 0.769. The van der Waals surface area contributed by atoms with Gasteiger partial charge in [-0.3, -0.25) is 4.79 Å². The zero-order chi connectivity index (χ0) is 17.3. The number of halogens is 1. The van der Waals surface area contributed by atoms with E-state index in [1.54, 1.807) is 6.07 Å². The average molecular weight is 327 g/mol. The van der Waals surface area contributed by atoms with Crippen molar-refractivity contribution in [2.24, 2.45) is 0 Å². The largest absolute Gasteiger partial charge is 0.450 e. The molecule has 124 valence electrons. The number of para-hydroxylation sites is 1. The van der Waals surface area contributed by atoms with E-state index in [4.69, 9.17) is 9.52 Å². The summed E-state index contributed by atoms with van der Waals surface area (Å²) in [5.74, 6) is -0.502. The first-order chi connectivity index (χ1) is 11.5. The molecule has 0 aliphatic heterocycles. The van der Waals surface area contributed by atoms with Crippen molar-refractivity contribution in [1.29, 1.82) is 0 Å². The predicted octanol–water partition coefficient (Wildman–Crippen LogP) is 3.61. The summed E-state index contributed by atoms with van der Waals surface area (Å²) in [5.41, 5.74) is 3.39. The van der Waals surface area contributed by atoms with Crippen LogP contribution in [0.25, 0.3) is 11.0 Å². The third-order valence-corrected chi connectivity index (χ3v) is 4.10. The smallest absolute Gasteiger partial charge is 0.287 e. The van der Waals surface area contributed by atoms with E-state index >= 15 is 0 Å². The fraction of sp³-hybridized carbons (Fsp3) is 0.211. The van der Waals surface area contributed by atoms with Gasteiger partial charge in [0.2, 0.25) is 0 Å². The molecule has 0 saturated heterocycles. The molecule has 0 radical (unpaired) electrons. The van der Waals surface area contributed by atoms with Crippen LogP contribution in [-0.4, -0.2) is 11.0 Å². The molecular weight excluding hydrogens is 309 g/mol. The minimum atomic E-state index is -0.462. The van der Waals surface area contributed by atoms with Crippen molar-refractivity contribution >= 4 is 16.9 Å². The Morgan fingerprint density at radius 2 is 2.04 bits per heavy atom. The van der Waals surface area contributed by atoms with E-state index in [0.29, 0.717) is 11.1 Å². The van der Waals surface area contributed by atoms with Crippen LogP contribution < -0.4 is 5.32 Å². The van der Waals surface area contributed by atoms with E-state index in [9.17, 15) is 9.18 Å². The van der Waals surface area contributed by atoms with Crippen LogP contribution >= 0.6 is 0 Å². The molecule has 1 amide bonds. The molecule has 0 atom stereocenters. The number of rotatable bonds is 4. The van der Waals surface area contributed by atoms with Crippen LogP contribution in [0.3, 0.4) is 0 Å². The highest BCUT2D eigenvalue weighted by molar-refractivity contribution is 5.99. The second-order valence-electron chi connectivity index (χ2n) is 5.77.